The fourth-order valence-electron chi connectivity index (χ4n) is 3.26. The molecular formula is C17H23N3. The number of rotatable bonds is 4. The molecule has 106 valence electrons. The van der Waals surface area contributed by atoms with E-state index in [0.29, 0.717) is 6.54 Å². The maximum atomic E-state index is 5.65. The number of H-pyrrole nitrogens is 1. The Bertz CT molecular complexity index is 536. The Balaban J connectivity index is 1.79. The van der Waals surface area contributed by atoms with Crippen LogP contribution in [0.3, 0.4) is 0 Å². The molecule has 2 aromatic rings. The van der Waals surface area contributed by atoms with Crippen LogP contribution in [0, 0.1) is 0 Å². The van der Waals surface area contributed by atoms with Crippen LogP contribution in [0.2, 0.25) is 0 Å². The number of aromatic nitrogens is 2. The molecular weight excluding hydrogens is 246 g/mol. The fraction of sp³-hybridized carbons (Fsp3) is 0.471. The predicted molar refractivity (Wildman–Crippen MR) is 82.6 cm³/mol. The van der Waals surface area contributed by atoms with E-state index in [2.05, 4.69) is 34.5 Å². The molecule has 1 aliphatic carbocycles. The number of nitrogens with one attached hydrogen (secondary N) is 1. The van der Waals surface area contributed by atoms with Crippen LogP contribution in [0.1, 0.15) is 49.1 Å². The van der Waals surface area contributed by atoms with Gasteiger partial charge in [-0.1, -0.05) is 43.5 Å². The van der Waals surface area contributed by atoms with Gasteiger partial charge in [-0.05, 0) is 48.4 Å². The van der Waals surface area contributed by atoms with Crippen molar-refractivity contribution in [2.75, 3.05) is 6.54 Å². The minimum Gasteiger partial charge on any atom is -0.330 e. The highest BCUT2D eigenvalue weighted by Crippen LogP contribution is 2.33. The van der Waals surface area contributed by atoms with Gasteiger partial charge < -0.3 is 5.73 Å². The fourth-order valence-corrected chi connectivity index (χ4v) is 3.26. The third-order valence-electron chi connectivity index (χ3n) is 4.41. The lowest BCUT2D eigenvalue weighted by molar-refractivity contribution is 0.443. The Hall–Kier alpha value is -1.61. The largest absolute Gasteiger partial charge is 0.330 e. The third-order valence-corrected chi connectivity index (χ3v) is 4.41. The molecule has 3 rings (SSSR count). The smallest absolute Gasteiger partial charge is 0.0682 e. The van der Waals surface area contributed by atoms with Gasteiger partial charge in [0.2, 0.25) is 0 Å². The predicted octanol–water partition coefficient (Wildman–Crippen LogP) is 3.63. The molecule has 0 aliphatic heterocycles. The van der Waals surface area contributed by atoms with E-state index in [0.717, 1.165) is 18.0 Å². The Morgan fingerprint density at radius 2 is 1.85 bits per heavy atom. The van der Waals surface area contributed by atoms with Gasteiger partial charge in [0.1, 0.15) is 0 Å². The lowest BCUT2D eigenvalue weighted by Gasteiger charge is -2.22. The van der Waals surface area contributed by atoms with Crippen molar-refractivity contribution in [2.24, 2.45) is 5.73 Å². The molecule has 3 nitrogen and oxygen atoms in total. The second-order valence-electron chi connectivity index (χ2n) is 5.77. The van der Waals surface area contributed by atoms with Gasteiger partial charge in [-0.3, -0.25) is 5.10 Å². The zero-order chi connectivity index (χ0) is 13.8. The molecule has 1 aliphatic rings. The zero-order valence-electron chi connectivity index (χ0n) is 11.9. The van der Waals surface area contributed by atoms with Gasteiger partial charge >= 0.3 is 0 Å². The summed E-state index contributed by atoms with van der Waals surface area (Å²) in [6, 6.07) is 9.02. The molecule has 3 N–H and O–H groups in total. The van der Waals surface area contributed by atoms with Gasteiger partial charge in [-0.2, -0.15) is 5.10 Å². The number of hydrogen-bond acceptors (Lipinski definition) is 2. The van der Waals surface area contributed by atoms with E-state index in [4.69, 9.17) is 5.73 Å². The number of nitrogens with zero attached hydrogens (tertiary/aromatic N) is 1. The highest BCUT2D eigenvalue weighted by atomic mass is 15.1. The Morgan fingerprint density at radius 3 is 2.55 bits per heavy atom. The van der Waals surface area contributed by atoms with Crippen LogP contribution in [0.5, 0.6) is 0 Å². The monoisotopic (exact) mass is 269 g/mol. The summed E-state index contributed by atoms with van der Waals surface area (Å²) in [6.45, 7) is 0.659. The maximum absolute atomic E-state index is 5.65. The van der Waals surface area contributed by atoms with Gasteiger partial charge in [-0.15, -0.1) is 0 Å². The van der Waals surface area contributed by atoms with E-state index in [-0.39, 0.29) is 0 Å². The SMILES string of the molecule is NCCc1cn[nH]c1-c1ccc(C2CCCCC2)cc1. The van der Waals surface area contributed by atoms with Crippen molar-refractivity contribution < 1.29 is 0 Å². The van der Waals surface area contributed by atoms with Crippen molar-refractivity contribution >= 4 is 0 Å². The van der Waals surface area contributed by atoms with Crippen LogP contribution in [-0.2, 0) is 6.42 Å². The van der Waals surface area contributed by atoms with E-state index < -0.39 is 0 Å². The number of hydrogen-bond donors (Lipinski definition) is 2. The first-order valence-electron chi connectivity index (χ1n) is 7.71. The van der Waals surface area contributed by atoms with Crippen molar-refractivity contribution in [1.29, 1.82) is 0 Å². The second kappa shape index (κ2) is 6.23. The van der Waals surface area contributed by atoms with Crippen LogP contribution in [0.4, 0.5) is 0 Å². The highest BCUT2D eigenvalue weighted by molar-refractivity contribution is 5.63. The standard InChI is InChI=1S/C17H23N3/c18-11-10-16-12-19-20-17(16)15-8-6-14(7-9-15)13-4-2-1-3-5-13/h6-9,12-13H,1-5,10-11,18H2,(H,19,20). The zero-order valence-corrected chi connectivity index (χ0v) is 11.9. The van der Waals surface area contributed by atoms with Crippen LogP contribution < -0.4 is 5.73 Å². The minimum atomic E-state index is 0.659. The molecule has 1 fully saturated rings. The van der Waals surface area contributed by atoms with Gasteiger partial charge in [0, 0.05) is 0 Å². The molecule has 0 spiro atoms. The van der Waals surface area contributed by atoms with Crippen molar-refractivity contribution in [2.45, 2.75) is 44.4 Å². The normalized spacial score (nSPS) is 16.4. The summed E-state index contributed by atoms with van der Waals surface area (Å²) < 4.78 is 0. The average molecular weight is 269 g/mol. The molecule has 0 radical (unpaired) electrons. The lowest BCUT2D eigenvalue weighted by Crippen LogP contribution is -2.04. The van der Waals surface area contributed by atoms with Gasteiger partial charge in [0.25, 0.3) is 0 Å². The van der Waals surface area contributed by atoms with Crippen LogP contribution >= 0.6 is 0 Å². The maximum Gasteiger partial charge on any atom is 0.0682 e. The number of aromatic amines is 1. The first-order valence-corrected chi connectivity index (χ1v) is 7.71. The molecule has 0 amide bonds. The summed E-state index contributed by atoms with van der Waals surface area (Å²) in [5.74, 6) is 0.767. The summed E-state index contributed by atoms with van der Waals surface area (Å²) in [4.78, 5) is 0. The van der Waals surface area contributed by atoms with Crippen LogP contribution in [0.25, 0.3) is 11.3 Å². The van der Waals surface area contributed by atoms with Crippen molar-refractivity contribution in [3.8, 4) is 11.3 Å². The number of benzene rings is 1. The average Bonchev–Trinajstić information content (AvgIpc) is 2.97. The lowest BCUT2D eigenvalue weighted by atomic mass is 9.84. The summed E-state index contributed by atoms with van der Waals surface area (Å²) in [7, 11) is 0. The molecule has 1 heterocycles. The van der Waals surface area contributed by atoms with Crippen molar-refractivity contribution in [3.63, 3.8) is 0 Å². The second-order valence-corrected chi connectivity index (χ2v) is 5.77. The molecule has 0 unspecified atom stereocenters. The van der Waals surface area contributed by atoms with Crippen molar-refractivity contribution in [3.05, 3.63) is 41.6 Å². The Morgan fingerprint density at radius 1 is 1.10 bits per heavy atom. The van der Waals surface area contributed by atoms with E-state index in [1.165, 1.54) is 48.8 Å². The van der Waals surface area contributed by atoms with E-state index in [1.807, 2.05) is 6.20 Å². The van der Waals surface area contributed by atoms with Crippen LogP contribution in [0.15, 0.2) is 30.5 Å². The molecule has 1 aromatic heterocycles. The molecule has 1 aromatic carbocycles. The van der Waals surface area contributed by atoms with Gasteiger partial charge in [0.05, 0.1) is 11.9 Å². The highest BCUT2D eigenvalue weighted by Gasteiger charge is 2.15. The number of nitrogens with two attached hydrogens (primary N) is 1. The molecule has 0 atom stereocenters. The van der Waals surface area contributed by atoms with E-state index >= 15 is 0 Å². The van der Waals surface area contributed by atoms with Gasteiger partial charge in [0.15, 0.2) is 0 Å². The summed E-state index contributed by atoms with van der Waals surface area (Å²) >= 11 is 0. The Labute approximate surface area is 120 Å². The topological polar surface area (TPSA) is 54.7 Å². The summed E-state index contributed by atoms with van der Waals surface area (Å²) in [5, 5.41) is 7.25. The van der Waals surface area contributed by atoms with Gasteiger partial charge in [-0.25, -0.2) is 0 Å². The molecule has 1 saturated carbocycles. The van der Waals surface area contributed by atoms with Crippen molar-refractivity contribution in [1.82, 2.24) is 10.2 Å². The third kappa shape index (κ3) is 2.78. The minimum absolute atomic E-state index is 0.659. The molecule has 20 heavy (non-hydrogen) atoms. The quantitative estimate of drug-likeness (QED) is 0.890. The first kappa shape index (κ1) is 13.4. The summed E-state index contributed by atoms with van der Waals surface area (Å²) in [5.41, 5.74) is 10.7. The van der Waals surface area contributed by atoms with Crippen LogP contribution in [-0.4, -0.2) is 16.7 Å². The van der Waals surface area contributed by atoms with E-state index in [1.54, 1.807) is 0 Å². The van der Waals surface area contributed by atoms with E-state index in [9.17, 15) is 0 Å². The Kier molecular flexibility index (Phi) is 4.16. The molecule has 0 saturated heterocycles. The molecule has 0 bridgehead atoms. The summed E-state index contributed by atoms with van der Waals surface area (Å²) in [6.07, 6.45) is 9.63. The molecule has 3 heteroatoms. The first-order chi connectivity index (χ1) is 9.88.